The van der Waals surface area contributed by atoms with Crippen molar-refractivity contribution < 1.29 is 9.59 Å². The monoisotopic (exact) mass is 210 g/mol. The van der Waals surface area contributed by atoms with Gasteiger partial charge >= 0.3 is 6.03 Å². The normalized spacial score (nSPS) is 24.1. The molecular formula is C11H18N2O2. The van der Waals surface area contributed by atoms with Gasteiger partial charge in [-0.1, -0.05) is 19.3 Å². The number of hydrogen-bond donors (Lipinski definition) is 1. The van der Waals surface area contributed by atoms with Gasteiger partial charge in [0.1, 0.15) is 0 Å². The lowest BCUT2D eigenvalue weighted by atomic mass is 9.89. The minimum Gasteiger partial charge on any atom is -0.324 e. The molecule has 0 aromatic carbocycles. The number of rotatable bonds is 2. The maximum Gasteiger partial charge on any atom is 0.324 e. The molecule has 1 N–H and O–H groups in total. The Morgan fingerprint density at radius 2 is 1.93 bits per heavy atom. The Hall–Kier alpha value is -1.06. The third-order valence-corrected chi connectivity index (χ3v) is 3.35. The highest BCUT2D eigenvalue weighted by Crippen LogP contribution is 2.24. The average molecular weight is 210 g/mol. The first kappa shape index (κ1) is 10.5. The molecule has 0 atom stereocenters. The minimum atomic E-state index is -0.197. The number of nitrogens with zero attached hydrogens (tertiary/aromatic N) is 1. The summed E-state index contributed by atoms with van der Waals surface area (Å²) >= 11 is 0. The minimum absolute atomic E-state index is 0.139. The highest BCUT2D eigenvalue weighted by Gasteiger charge is 2.25. The van der Waals surface area contributed by atoms with Crippen LogP contribution in [0.5, 0.6) is 0 Å². The topological polar surface area (TPSA) is 49.4 Å². The number of carbonyl (C=O) groups is 2. The van der Waals surface area contributed by atoms with Crippen molar-refractivity contribution >= 4 is 11.9 Å². The summed E-state index contributed by atoms with van der Waals surface area (Å²) in [6.07, 6.45) is 6.84. The predicted octanol–water partition coefficient (Wildman–Crippen LogP) is 1.51. The molecule has 1 heterocycles. The summed E-state index contributed by atoms with van der Waals surface area (Å²) in [6.45, 7) is 1.43. The van der Waals surface area contributed by atoms with Crippen molar-refractivity contribution in [2.75, 3.05) is 13.1 Å². The van der Waals surface area contributed by atoms with Crippen LogP contribution in [0.3, 0.4) is 0 Å². The summed E-state index contributed by atoms with van der Waals surface area (Å²) in [6, 6.07) is -0.197. The third kappa shape index (κ3) is 2.70. The van der Waals surface area contributed by atoms with Crippen molar-refractivity contribution in [3.8, 4) is 0 Å². The van der Waals surface area contributed by atoms with Crippen molar-refractivity contribution in [2.24, 2.45) is 5.92 Å². The Labute approximate surface area is 90.0 Å². The number of hydrogen-bond acceptors (Lipinski definition) is 2. The van der Waals surface area contributed by atoms with E-state index in [1.54, 1.807) is 4.90 Å². The van der Waals surface area contributed by atoms with Crippen LogP contribution < -0.4 is 5.32 Å². The van der Waals surface area contributed by atoms with E-state index in [4.69, 9.17) is 0 Å². The van der Waals surface area contributed by atoms with E-state index >= 15 is 0 Å². The van der Waals surface area contributed by atoms with Crippen molar-refractivity contribution in [1.82, 2.24) is 10.2 Å². The van der Waals surface area contributed by atoms with Crippen LogP contribution in [-0.2, 0) is 4.79 Å². The van der Waals surface area contributed by atoms with E-state index in [9.17, 15) is 9.59 Å². The van der Waals surface area contributed by atoms with Crippen molar-refractivity contribution in [3.05, 3.63) is 0 Å². The highest BCUT2D eigenvalue weighted by molar-refractivity contribution is 5.96. The molecule has 0 aromatic heterocycles. The fourth-order valence-electron chi connectivity index (χ4n) is 2.45. The van der Waals surface area contributed by atoms with E-state index in [1.807, 2.05) is 0 Å². The lowest BCUT2D eigenvalue weighted by Crippen LogP contribution is -2.50. The molecule has 4 heteroatoms. The second kappa shape index (κ2) is 4.64. The summed E-state index contributed by atoms with van der Waals surface area (Å²) in [5.41, 5.74) is 0. The molecule has 1 saturated carbocycles. The molecule has 0 bridgehead atoms. The summed E-state index contributed by atoms with van der Waals surface area (Å²) < 4.78 is 0. The summed E-state index contributed by atoms with van der Waals surface area (Å²) in [5.74, 6) is 0.512. The molecule has 1 aliphatic carbocycles. The molecule has 1 aliphatic heterocycles. The van der Waals surface area contributed by atoms with Gasteiger partial charge in [-0.2, -0.15) is 0 Å². The van der Waals surface area contributed by atoms with Crippen molar-refractivity contribution in [3.63, 3.8) is 0 Å². The van der Waals surface area contributed by atoms with E-state index in [0.717, 1.165) is 6.54 Å². The first-order chi connectivity index (χ1) is 7.25. The van der Waals surface area contributed by atoms with E-state index < -0.39 is 0 Å². The number of carbonyl (C=O) groups excluding carboxylic acids is 2. The predicted molar refractivity (Wildman–Crippen MR) is 56.3 cm³/mol. The van der Waals surface area contributed by atoms with E-state index in [-0.39, 0.29) is 11.9 Å². The molecule has 1 saturated heterocycles. The molecule has 84 valence electrons. The van der Waals surface area contributed by atoms with Crippen LogP contribution in [0.4, 0.5) is 4.79 Å². The van der Waals surface area contributed by atoms with Gasteiger partial charge in [-0.3, -0.25) is 10.1 Å². The smallest absolute Gasteiger partial charge is 0.324 e. The van der Waals surface area contributed by atoms with Gasteiger partial charge in [-0.05, 0) is 18.8 Å². The van der Waals surface area contributed by atoms with Gasteiger partial charge in [0.15, 0.2) is 0 Å². The second-order valence-electron chi connectivity index (χ2n) is 4.55. The number of amides is 3. The Kier molecular flexibility index (Phi) is 3.23. The van der Waals surface area contributed by atoms with Crippen molar-refractivity contribution in [1.29, 1.82) is 0 Å². The highest BCUT2D eigenvalue weighted by atomic mass is 16.2. The van der Waals surface area contributed by atoms with E-state index in [2.05, 4.69) is 5.32 Å². The van der Waals surface area contributed by atoms with E-state index in [1.165, 1.54) is 32.1 Å². The SMILES string of the molecule is O=C1CCN(CC2CCCCC2)C(=O)N1. The van der Waals surface area contributed by atoms with Crippen LogP contribution in [0, 0.1) is 5.92 Å². The fraction of sp³-hybridized carbons (Fsp3) is 0.818. The molecular weight excluding hydrogens is 192 g/mol. The summed E-state index contributed by atoms with van der Waals surface area (Å²) in [4.78, 5) is 24.2. The summed E-state index contributed by atoms with van der Waals surface area (Å²) in [7, 11) is 0. The maximum atomic E-state index is 11.5. The molecule has 2 rings (SSSR count). The van der Waals surface area contributed by atoms with Gasteiger partial charge in [-0.25, -0.2) is 4.79 Å². The molecule has 0 aromatic rings. The average Bonchev–Trinajstić information content (AvgIpc) is 2.24. The molecule has 0 spiro atoms. The number of nitrogens with one attached hydrogen (secondary N) is 1. The number of imide groups is 1. The zero-order valence-electron chi connectivity index (χ0n) is 9.00. The molecule has 0 radical (unpaired) electrons. The molecule has 2 fully saturated rings. The molecule has 0 unspecified atom stereocenters. The van der Waals surface area contributed by atoms with Gasteiger partial charge in [0, 0.05) is 19.5 Å². The first-order valence-corrected chi connectivity index (χ1v) is 5.84. The molecule has 15 heavy (non-hydrogen) atoms. The van der Waals surface area contributed by atoms with Gasteiger partial charge in [0.05, 0.1) is 0 Å². The Morgan fingerprint density at radius 1 is 1.20 bits per heavy atom. The van der Waals surface area contributed by atoms with Crippen LogP contribution in [-0.4, -0.2) is 29.9 Å². The fourth-order valence-corrected chi connectivity index (χ4v) is 2.45. The van der Waals surface area contributed by atoms with Gasteiger partial charge in [0.2, 0.25) is 5.91 Å². The van der Waals surface area contributed by atoms with Gasteiger partial charge < -0.3 is 4.90 Å². The largest absolute Gasteiger partial charge is 0.324 e. The first-order valence-electron chi connectivity index (χ1n) is 5.84. The Balaban J connectivity index is 1.82. The van der Waals surface area contributed by atoms with Crippen molar-refractivity contribution in [2.45, 2.75) is 38.5 Å². The lowest BCUT2D eigenvalue weighted by Gasteiger charge is -2.31. The molecule has 4 nitrogen and oxygen atoms in total. The second-order valence-corrected chi connectivity index (χ2v) is 4.55. The lowest BCUT2D eigenvalue weighted by molar-refractivity contribution is -0.121. The van der Waals surface area contributed by atoms with Crippen LogP contribution >= 0.6 is 0 Å². The van der Waals surface area contributed by atoms with Crippen LogP contribution in [0.1, 0.15) is 38.5 Å². The maximum absolute atomic E-state index is 11.5. The van der Waals surface area contributed by atoms with Crippen LogP contribution in [0.15, 0.2) is 0 Å². The zero-order chi connectivity index (χ0) is 10.7. The van der Waals surface area contributed by atoms with E-state index in [0.29, 0.717) is 18.9 Å². The van der Waals surface area contributed by atoms with Gasteiger partial charge in [0.25, 0.3) is 0 Å². The quantitative estimate of drug-likeness (QED) is 0.751. The van der Waals surface area contributed by atoms with Crippen LogP contribution in [0.2, 0.25) is 0 Å². The molecule has 3 amide bonds. The molecule has 2 aliphatic rings. The zero-order valence-corrected chi connectivity index (χ0v) is 9.00. The summed E-state index contributed by atoms with van der Waals surface area (Å²) in [5, 5.41) is 2.37. The van der Waals surface area contributed by atoms with Gasteiger partial charge in [-0.15, -0.1) is 0 Å². The Morgan fingerprint density at radius 3 is 2.60 bits per heavy atom. The van der Waals surface area contributed by atoms with Crippen LogP contribution in [0.25, 0.3) is 0 Å². The number of urea groups is 1. The third-order valence-electron chi connectivity index (χ3n) is 3.35. The Bertz CT molecular complexity index is 259. The standard InChI is InChI=1S/C11H18N2O2/c14-10-6-7-13(11(15)12-10)8-9-4-2-1-3-5-9/h9H,1-8H2,(H,12,14,15).